The zero-order valence-electron chi connectivity index (χ0n) is 15.7. The Bertz CT molecular complexity index is 932. The van der Waals surface area contributed by atoms with E-state index in [0.717, 1.165) is 29.7 Å². The summed E-state index contributed by atoms with van der Waals surface area (Å²) in [6.45, 7) is 9.32. The number of carbonyl (C=O) groups is 1. The fourth-order valence-electron chi connectivity index (χ4n) is 2.81. The van der Waals surface area contributed by atoms with Gasteiger partial charge in [-0.15, -0.1) is 0 Å². The van der Waals surface area contributed by atoms with E-state index in [1.807, 2.05) is 19.9 Å². The average Bonchev–Trinajstić information content (AvgIpc) is 2.61. The number of aryl methyl sites for hydroxylation is 1. The summed E-state index contributed by atoms with van der Waals surface area (Å²) < 4.78 is 37.9. The van der Waals surface area contributed by atoms with E-state index in [2.05, 4.69) is 16.9 Å². The molecule has 0 unspecified atom stereocenters. The fraction of sp³-hybridized carbons (Fsp3) is 0.238. The van der Waals surface area contributed by atoms with Crippen LogP contribution in [0.1, 0.15) is 41.7 Å². The Morgan fingerprint density at radius 1 is 1.18 bits per heavy atom. The number of rotatable bonds is 4. The molecule has 2 aromatic carbocycles. The van der Waals surface area contributed by atoms with Crippen LogP contribution < -0.4 is 5.32 Å². The molecule has 0 aliphatic rings. The SMILES string of the molecule is C=C(NC(=O)N=C(C)c1ccc(C(F)(F)F)cc1)c1c(Cl)ccc(CC)c1C. The van der Waals surface area contributed by atoms with Crippen molar-refractivity contribution in [3.05, 3.63) is 75.8 Å². The summed E-state index contributed by atoms with van der Waals surface area (Å²) >= 11 is 6.25. The first-order chi connectivity index (χ1) is 13.0. The lowest BCUT2D eigenvalue weighted by atomic mass is 9.99. The Hall–Kier alpha value is -2.60. The molecule has 1 N–H and O–H groups in total. The lowest BCUT2D eigenvalue weighted by molar-refractivity contribution is -0.137. The highest BCUT2D eigenvalue weighted by Gasteiger charge is 2.30. The van der Waals surface area contributed by atoms with E-state index < -0.39 is 17.8 Å². The second-order valence-electron chi connectivity index (χ2n) is 6.24. The largest absolute Gasteiger partial charge is 0.416 e. The average molecular weight is 409 g/mol. The lowest BCUT2D eigenvalue weighted by Gasteiger charge is -2.15. The van der Waals surface area contributed by atoms with Crippen molar-refractivity contribution in [3.8, 4) is 0 Å². The standard InChI is InChI=1S/C21H20ClF3N2O/c1-5-15-8-11-18(22)19(12(15)2)14(4)27-20(28)26-13(3)16-6-9-17(10-7-16)21(23,24)25/h6-11H,4-5H2,1-3H3,(H,27,28). The van der Waals surface area contributed by atoms with Crippen molar-refractivity contribution in [3.63, 3.8) is 0 Å². The topological polar surface area (TPSA) is 41.5 Å². The normalized spacial score (nSPS) is 12.0. The maximum atomic E-state index is 12.6. The number of alkyl halides is 3. The van der Waals surface area contributed by atoms with E-state index in [4.69, 9.17) is 11.6 Å². The highest BCUT2D eigenvalue weighted by Crippen LogP contribution is 2.29. The van der Waals surface area contributed by atoms with Gasteiger partial charge in [0.1, 0.15) is 0 Å². The molecule has 0 aliphatic heterocycles. The van der Waals surface area contributed by atoms with Crippen molar-refractivity contribution >= 4 is 29.0 Å². The van der Waals surface area contributed by atoms with Gasteiger partial charge in [-0.25, -0.2) is 4.79 Å². The molecular formula is C21H20ClF3N2O. The van der Waals surface area contributed by atoms with Gasteiger partial charge >= 0.3 is 12.2 Å². The summed E-state index contributed by atoms with van der Waals surface area (Å²) in [6.07, 6.45) is -3.61. The van der Waals surface area contributed by atoms with Crippen LogP contribution in [0.25, 0.3) is 5.70 Å². The summed E-state index contributed by atoms with van der Waals surface area (Å²) in [5.74, 6) is 0. The van der Waals surface area contributed by atoms with Crippen molar-refractivity contribution < 1.29 is 18.0 Å². The molecule has 3 nitrogen and oxygen atoms in total. The molecule has 0 saturated carbocycles. The number of aliphatic imine (C=N–C) groups is 1. The fourth-order valence-corrected chi connectivity index (χ4v) is 3.13. The third-order valence-electron chi connectivity index (χ3n) is 4.37. The van der Waals surface area contributed by atoms with E-state index in [9.17, 15) is 18.0 Å². The molecule has 148 valence electrons. The maximum absolute atomic E-state index is 12.6. The summed E-state index contributed by atoms with van der Waals surface area (Å²) in [4.78, 5) is 16.1. The molecular weight excluding hydrogens is 389 g/mol. The van der Waals surface area contributed by atoms with Gasteiger partial charge in [0, 0.05) is 11.3 Å². The second kappa shape index (κ2) is 8.61. The van der Waals surface area contributed by atoms with Gasteiger partial charge < -0.3 is 5.32 Å². The van der Waals surface area contributed by atoms with E-state index in [-0.39, 0.29) is 5.71 Å². The molecule has 28 heavy (non-hydrogen) atoms. The van der Waals surface area contributed by atoms with Gasteiger partial charge in [-0.3, -0.25) is 0 Å². The quantitative estimate of drug-likeness (QED) is 0.583. The minimum Gasteiger partial charge on any atom is -0.306 e. The number of nitrogens with zero attached hydrogens (tertiary/aromatic N) is 1. The number of benzene rings is 2. The third kappa shape index (κ3) is 5.01. The summed E-state index contributed by atoms with van der Waals surface area (Å²) in [7, 11) is 0. The van der Waals surface area contributed by atoms with Crippen molar-refractivity contribution in [1.82, 2.24) is 5.32 Å². The highest BCUT2D eigenvalue weighted by molar-refractivity contribution is 6.32. The van der Waals surface area contributed by atoms with Crippen LogP contribution in [0.5, 0.6) is 0 Å². The summed E-state index contributed by atoms with van der Waals surface area (Å²) in [5, 5.41) is 3.04. The lowest BCUT2D eigenvalue weighted by Crippen LogP contribution is -2.20. The van der Waals surface area contributed by atoms with Crippen LogP contribution in [0.3, 0.4) is 0 Å². The van der Waals surface area contributed by atoms with Crippen LogP contribution in [0.15, 0.2) is 48.0 Å². The molecule has 2 aromatic rings. The first-order valence-corrected chi connectivity index (χ1v) is 8.93. The van der Waals surface area contributed by atoms with Gasteiger partial charge in [-0.1, -0.05) is 43.3 Å². The maximum Gasteiger partial charge on any atom is 0.416 e. The predicted octanol–water partition coefficient (Wildman–Crippen LogP) is 6.42. The van der Waals surface area contributed by atoms with Crippen LogP contribution in [0, 0.1) is 6.92 Å². The monoisotopic (exact) mass is 408 g/mol. The Kier molecular flexibility index (Phi) is 6.67. The Morgan fingerprint density at radius 2 is 1.79 bits per heavy atom. The molecule has 0 saturated heterocycles. The minimum atomic E-state index is -4.41. The number of halogens is 4. The third-order valence-corrected chi connectivity index (χ3v) is 4.68. The second-order valence-corrected chi connectivity index (χ2v) is 6.65. The molecule has 0 atom stereocenters. The van der Waals surface area contributed by atoms with Gasteiger partial charge in [0.05, 0.1) is 16.3 Å². The molecule has 0 aromatic heterocycles. The molecule has 0 heterocycles. The van der Waals surface area contributed by atoms with Gasteiger partial charge in [0.15, 0.2) is 0 Å². The van der Waals surface area contributed by atoms with Gasteiger partial charge in [0.25, 0.3) is 0 Å². The van der Waals surface area contributed by atoms with Crippen LogP contribution in [0.4, 0.5) is 18.0 Å². The van der Waals surface area contributed by atoms with Crippen LogP contribution in [-0.4, -0.2) is 11.7 Å². The van der Waals surface area contributed by atoms with E-state index in [0.29, 0.717) is 21.8 Å². The Labute approximate surface area is 166 Å². The van der Waals surface area contributed by atoms with Gasteiger partial charge in [-0.05, 0) is 55.2 Å². The highest BCUT2D eigenvalue weighted by atomic mass is 35.5. The number of carbonyl (C=O) groups excluding carboxylic acids is 1. The number of hydrogen-bond donors (Lipinski definition) is 1. The van der Waals surface area contributed by atoms with E-state index >= 15 is 0 Å². The van der Waals surface area contributed by atoms with Crippen LogP contribution in [0.2, 0.25) is 5.02 Å². The van der Waals surface area contributed by atoms with Gasteiger partial charge in [0.2, 0.25) is 0 Å². The van der Waals surface area contributed by atoms with Crippen molar-refractivity contribution in [1.29, 1.82) is 0 Å². The minimum absolute atomic E-state index is 0.282. The molecule has 0 bridgehead atoms. The molecule has 7 heteroatoms. The Morgan fingerprint density at radius 3 is 2.32 bits per heavy atom. The van der Waals surface area contributed by atoms with E-state index in [1.165, 1.54) is 12.1 Å². The van der Waals surface area contributed by atoms with Crippen molar-refractivity contribution in [2.75, 3.05) is 0 Å². The van der Waals surface area contributed by atoms with Gasteiger partial charge in [-0.2, -0.15) is 18.2 Å². The smallest absolute Gasteiger partial charge is 0.306 e. The molecule has 0 fully saturated rings. The summed E-state index contributed by atoms with van der Waals surface area (Å²) in [6, 6.07) is 7.43. The predicted molar refractivity (Wildman–Crippen MR) is 107 cm³/mol. The number of nitrogens with one attached hydrogen (secondary N) is 1. The molecule has 2 rings (SSSR count). The van der Waals surface area contributed by atoms with E-state index in [1.54, 1.807) is 13.0 Å². The first-order valence-electron chi connectivity index (χ1n) is 8.55. The number of urea groups is 1. The molecule has 2 amide bonds. The summed E-state index contributed by atoms with van der Waals surface area (Å²) in [5.41, 5.74) is 2.88. The zero-order valence-corrected chi connectivity index (χ0v) is 16.5. The first kappa shape index (κ1) is 21.7. The molecule has 0 radical (unpaired) electrons. The number of amides is 2. The van der Waals surface area contributed by atoms with Crippen LogP contribution >= 0.6 is 11.6 Å². The molecule has 0 spiro atoms. The molecule has 0 aliphatic carbocycles. The number of hydrogen-bond acceptors (Lipinski definition) is 1. The van der Waals surface area contributed by atoms with Crippen molar-refractivity contribution in [2.24, 2.45) is 4.99 Å². The Balaban J connectivity index is 2.18. The van der Waals surface area contributed by atoms with Crippen molar-refractivity contribution in [2.45, 2.75) is 33.4 Å². The van der Waals surface area contributed by atoms with Crippen LogP contribution in [-0.2, 0) is 12.6 Å². The zero-order chi connectivity index (χ0) is 21.1.